The molecule has 1 aliphatic carbocycles. The molecule has 0 amide bonds. The molecule has 1 saturated carbocycles. The quantitative estimate of drug-likeness (QED) is 0.213. The molecule has 41 heavy (non-hydrogen) atoms. The zero-order valence-corrected chi connectivity index (χ0v) is 23.9. The molecule has 0 radical (unpaired) electrons. The predicted octanol–water partition coefficient (Wildman–Crippen LogP) is 4.65. The van der Waals surface area contributed by atoms with Gasteiger partial charge in [-0.2, -0.15) is 10.2 Å². The van der Waals surface area contributed by atoms with Crippen LogP contribution in [0.5, 0.6) is 17.2 Å². The SMILES string of the molecule is COc1cc2c(NS(=O)(=O)c3c(OC)cc(-c4ccn(C)n4)cc3OC)noc2cc1Nc1cc([C@H]2C[C@@H]2C)[nH]n1. The number of sulfonamides is 1. The second-order valence-corrected chi connectivity index (χ2v) is 11.5. The Kier molecular flexibility index (Phi) is 6.49. The van der Waals surface area contributed by atoms with Gasteiger partial charge in [-0.1, -0.05) is 12.1 Å². The van der Waals surface area contributed by atoms with Gasteiger partial charge in [0.25, 0.3) is 10.0 Å². The van der Waals surface area contributed by atoms with Gasteiger partial charge < -0.3 is 24.1 Å². The standard InChI is InChI=1S/C27H29N7O6S/c1-14-8-16(14)19-13-25(30-29-19)28-20-12-21-17(11-22(20)37-3)27(32-40-21)33-41(35,36)26-23(38-4)9-15(10-24(26)39-5)18-6-7-34(2)31-18/h6-7,9-14,16H,8H2,1-5H3,(H,32,33)(H2,28,29,30)/t14-,16-/m0/s1. The minimum Gasteiger partial charge on any atom is -0.495 e. The third kappa shape index (κ3) is 4.90. The summed E-state index contributed by atoms with van der Waals surface area (Å²) >= 11 is 0. The summed E-state index contributed by atoms with van der Waals surface area (Å²) in [6, 6.07) is 10.3. The number of rotatable bonds is 10. The van der Waals surface area contributed by atoms with Crippen LogP contribution in [0.15, 0.2) is 52.0 Å². The highest BCUT2D eigenvalue weighted by atomic mass is 32.2. The van der Waals surface area contributed by atoms with Gasteiger partial charge in [-0.3, -0.25) is 14.5 Å². The third-order valence-electron chi connectivity index (χ3n) is 7.13. The largest absolute Gasteiger partial charge is 0.495 e. The van der Waals surface area contributed by atoms with E-state index in [1.54, 1.807) is 48.3 Å². The first-order valence-corrected chi connectivity index (χ1v) is 14.3. The lowest BCUT2D eigenvalue weighted by molar-refractivity contribution is 0.374. The molecule has 1 aliphatic rings. The van der Waals surface area contributed by atoms with E-state index in [0.717, 1.165) is 12.1 Å². The maximum atomic E-state index is 13.7. The summed E-state index contributed by atoms with van der Waals surface area (Å²) in [6.45, 7) is 2.20. The molecule has 3 heterocycles. The van der Waals surface area contributed by atoms with Gasteiger partial charge in [-0.05, 0) is 36.6 Å². The maximum Gasteiger partial charge on any atom is 0.270 e. The molecule has 0 spiro atoms. The van der Waals surface area contributed by atoms with Crippen molar-refractivity contribution in [2.75, 3.05) is 31.4 Å². The number of nitrogens with zero attached hydrogens (tertiary/aromatic N) is 4. The normalized spacial score (nSPS) is 16.5. The maximum absolute atomic E-state index is 13.7. The van der Waals surface area contributed by atoms with E-state index >= 15 is 0 Å². The second kappa shape index (κ2) is 10.0. The van der Waals surface area contributed by atoms with Crippen molar-refractivity contribution in [2.45, 2.75) is 24.2 Å². The summed E-state index contributed by atoms with van der Waals surface area (Å²) in [6.07, 6.45) is 2.92. The molecule has 0 saturated heterocycles. The molecule has 0 unspecified atom stereocenters. The van der Waals surface area contributed by atoms with Crippen LogP contribution in [0.2, 0.25) is 0 Å². The average Bonchev–Trinajstić information content (AvgIpc) is 3.30. The number of methoxy groups -OCH3 is 3. The summed E-state index contributed by atoms with van der Waals surface area (Å²) < 4.78 is 53.5. The molecule has 214 valence electrons. The fourth-order valence-corrected chi connectivity index (χ4v) is 6.15. The molecule has 14 heteroatoms. The molecule has 2 aromatic carbocycles. The Labute approximate surface area is 235 Å². The topological polar surface area (TPSA) is 158 Å². The molecule has 0 aliphatic heterocycles. The van der Waals surface area contributed by atoms with Gasteiger partial charge in [0, 0.05) is 42.6 Å². The van der Waals surface area contributed by atoms with E-state index in [2.05, 4.69) is 37.4 Å². The number of aryl methyl sites for hydroxylation is 1. The Morgan fingerprint density at radius 2 is 1.76 bits per heavy atom. The van der Waals surface area contributed by atoms with E-state index < -0.39 is 10.0 Å². The van der Waals surface area contributed by atoms with Gasteiger partial charge >= 0.3 is 0 Å². The number of benzene rings is 2. The number of anilines is 3. The monoisotopic (exact) mass is 579 g/mol. The van der Waals surface area contributed by atoms with E-state index in [-0.39, 0.29) is 22.2 Å². The number of aromatic nitrogens is 5. The zero-order chi connectivity index (χ0) is 28.9. The predicted molar refractivity (Wildman–Crippen MR) is 152 cm³/mol. The van der Waals surface area contributed by atoms with E-state index in [9.17, 15) is 8.42 Å². The summed E-state index contributed by atoms with van der Waals surface area (Å²) in [4.78, 5) is -0.192. The minimum absolute atomic E-state index is 0.0208. The van der Waals surface area contributed by atoms with Gasteiger partial charge in [0.1, 0.15) is 17.2 Å². The van der Waals surface area contributed by atoms with E-state index in [1.165, 1.54) is 21.3 Å². The minimum atomic E-state index is -4.25. The molecule has 3 aromatic heterocycles. The number of hydrogen-bond acceptors (Lipinski definition) is 10. The highest BCUT2D eigenvalue weighted by molar-refractivity contribution is 7.93. The highest BCUT2D eigenvalue weighted by Gasteiger charge is 2.35. The Morgan fingerprint density at radius 1 is 1.05 bits per heavy atom. The lowest BCUT2D eigenvalue weighted by Crippen LogP contribution is -2.16. The fourth-order valence-electron chi connectivity index (χ4n) is 4.83. The highest BCUT2D eigenvalue weighted by Crippen LogP contribution is 2.47. The van der Waals surface area contributed by atoms with E-state index in [1.807, 2.05) is 6.07 Å². The molecule has 6 rings (SSSR count). The van der Waals surface area contributed by atoms with Crippen LogP contribution in [-0.4, -0.2) is 54.9 Å². The Morgan fingerprint density at radius 3 is 2.37 bits per heavy atom. The zero-order valence-electron chi connectivity index (χ0n) is 23.0. The van der Waals surface area contributed by atoms with Gasteiger partial charge in [0.15, 0.2) is 22.1 Å². The van der Waals surface area contributed by atoms with Crippen LogP contribution in [0.4, 0.5) is 17.3 Å². The number of nitrogens with one attached hydrogen (secondary N) is 3. The number of aromatic amines is 1. The van der Waals surface area contributed by atoms with Crippen LogP contribution in [0.25, 0.3) is 22.2 Å². The lowest BCUT2D eigenvalue weighted by Gasteiger charge is -2.15. The van der Waals surface area contributed by atoms with Crippen LogP contribution >= 0.6 is 0 Å². The molecular formula is C27H29N7O6S. The summed E-state index contributed by atoms with van der Waals surface area (Å²) in [5.41, 5.74) is 3.26. The molecule has 2 atom stereocenters. The van der Waals surface area contributed by atoms with E-state index in [4.69, 9.17) is 18.7 Å². The molecule has 3 N–H and O–H groups in total. The first-order valence-electron chi connectivity index (χ1n) is 12.8. The number of H-pyrrole nitrogens is 1. The Hall–Kier alpha value is -4.72. The van der Waals surface area contributed by atoms with Crippen LogP contribution < -0.4 is 24.2 Å². The Balaban J connectivity index is 1.32. The Bertz CT molecular complexity index is 1830. The van der Waals surface area contributed by atoms with Crippen LogP contribution in [0.3, 0.4) is 0 Å². The molecular weight excluding hydrogens is 550 g/mol. The van der Waals surface area contributed by atoms with Crippen molar-refractivity contribution in [2.24, 2.45) is 13.0 Å². The molecule has 5 aromatic rings. The molecule has 0 bridgehead atoms. The van der Waals surface area contributed by atoms with Crippen LogP contribution in [-0.2, 0) is 17.1 Å². The number of hydrogen-bond donors (Lipinski definition) is 3. The third-order valence-corrected chi connectivity index (χ3v) is 8.53. The second-order valence-electron chi connectivity index (χ2n) is 9.92. The van der Waals surface area contributed by atoms with Crippen molar-refractivity contribution in [1.29, 1.82) is 0 Å². The van der Waals surface area contributed by atoms with Crippen molar-refractivity contribution >= 4 is 38.3 Å². The van der Waals surface area contributed by atoms with Crippen molar-refractivity contribution in [1.82, 2.24) is 25.1 Å². The number of fused-ring (bicyclic) bond motifs is 1. The summed E-state index contributed by atoms with van der Waals surface area (Å²) in [5, 5.41) is 19.4. The number of ether oxygens (including phenoxy) is 3. The first kappa shape index (κ1) is 26.5. The summed E-state index contributed by atoms with van der Waals surface area (Å²) in [7, 11) is 1.82. The smallest absolute Gasteiger partial charge is 0.270 e. The van der Waals surface area contributed by atoms with Crippen molar-refractivity contribution < 1.29 is 27.2 Å². The van der Waals surface area contributed by atoms with Gasteiger partial charge in [0.05, 0.1) is 38.1 Å². The molecule has 13 nitrogen and oxygen atoms in total. The van der Waals surface area contributed by atoms with Gasteiger partial charge in [-0.15, -0.1) is 0 Å². The van der Waals surface area contributed by atoms with Crippen molar-refractivity contribution in [3.05, 3.63) is 48.3 Å². The van der Waals surface area contributed by atoms with Gasteiger partial charge in [-0.25, -0.2) is 8.42 Å². The van der Waals surface area contributed by atoms with Crippen molar-refractivity contribution in [3.8, 4) is 28.5 Å². The van der Waals surface area contributed by atoms with Gasteiger partial charge in [0.2, 0.25) is 0 Å². The average molecular weight is 580 g/mol. The lowest BCUT2D eigenvalue weighted by atomic mass is 10.1. The van der Waals surface area contributed by atoms with Crippen LogP contribution in [0.1, 0.15) is 25.0 Å². The fraction of sp³-hybridized carbons (Fsp3) is 0.296. The van der Waals surface area contributed by atoms with Crippen LogP contribution in [0, 0.1) is 5.92 Å². The molecule has 1 fully saturated rings. The first-order chi connectivity index (χ1) is 19.7. The van der Waals surface area contributed by atoms with Crippen molar-refractivity contribution in [3.63, 3.8) is 0 Å². The summed E-state index contributed by atoms with van der Waals surface area (Å²) in [5.74, 6) is 2.35. The van der Waals surface area contributed by atoms with E-state index in [0.29, 0.717) is 51.3 Å².